The fraction of sp³-hybridized carbons (Fsp3) is 0.625. The molecule has 108 valence electrons. The summed E-state index contributed by atoms with van der Waals surface area (Å²) in [4.78, 5) is 2.40. The van der Waals surface area contributed by atoms with Gasteiger partial charge < -0.3 is 4.90 Å². The van der Waals surface area contributed by atoms with Crippen LogP contribution in [-0.2, 0) is 12.8 Å². The number of benzene rings is 1. The molecule has 2 N–H and O–H groups in total. The van der Waals surface area contributed by atoms with Crippen molar-refractivity contribution in [2.75, 3.05) is 33.7 Å². The van der Waals surface area contributed by atoms with Crippen LogP contribution in [0.1, 0.15) is 25.0 Å². The summed E-state index contributed by atoms with van der Waals surface area (Å²) < 4.78 is 0. The van der Waals surface area contributed by atoms with Gasteiger partial charge in [0, 0.05) is 26.7 Å². The summed E-state index contributed by atoms with van der Waals surface area (Å²) in [5, 5.41) is 1.73. The van der Waals surface area contributed by atoms with Gasteiger partial charge in [-0.2, -0.15) is 0 Å². The third-order valence-electron chi connectivity index (χ3n) is 3.24. The van der Waals surface area contributed by atoms with E-state index >= 15 is 0 Å². The first-order valence-electron chi connectivity index (χ1n) is 7.19. The van der Waals surface area contributed by atoms with Crippen molar-refractivity contribution >= 4 is 0 Å². The number of hydrogen-bond acceptors (Lipinski definition) is 3. The Balaban J connectivity index is 2.35. The second-order valence-electron chi connectivity index (χ2n) is 5.95. The van der Waals surface area contributed by atoms with E-state index in [9.17, 15) is 0 Å². The molecule has 0 radical (unpaired) electrons. The predicted octanol–water partition coefficient (Wildman–Crippen LogP) is 2.16. The van der Waals surface area contributed by atoms with Gasteiger partial charge in [-0.3, -0.25) is 5.84 Å². The minimum atomic E-state index is 0.737. The third-order valence-corrected chi connectivity index (χ3v) is 3.24. The molecule has 0 bridgehead atoms. The zero-order chi connectivity index (χ0) is 14.3. The second-order valence-corrected chi connectivity index (χ2v) is 5.95. The van der Waals surface area contributed by atoms with E-state index in [1.807, 2.05) is 7.05 Å². The molecule has 1 aromatic rings. The molecule has 0 atom stereocenters. The Morgan fingerprint density at radius 1 is 0.947 bits per heavy atom. The van der Waals surface area contributed by atoms with Crippen LogP contribution in [0.2, 0.25) is 0 Å². The van der Waals surface area contributed by atoms with Gasteiger partial charge in [-0.15, -0.1) is 0 Å². The van der Waals surface area contributed by atoms with Crippen LogP contribution in [0.15, 0.2) is 24.3 Å². The Hall–Kier alpha value is -0.900. The molecule has 0 heterocycles. The zero-order valence-corrected chi connectivity index (χ0v) is 12.9. The SMILES string of the molecule is CC(C)CN(C)CCc1ccc(CCN(C)N)cc1. The second kappa shape index (κ2) is 8.31. The summed E-state index contributed by atoms with van der Waals surface area (Å²) in [6.07, 6.45) is 2.14. The van der Waals surface area contributed by atoms with E-state index in [0.717, 1.165) is 31.8 Å². The first kappa shape index (κ1) is 16.2. The summed E-state index contributed by atoms with van der Waals surface area (Å²) in [5.41, 5.74) is 2.78. The largest absolute Gasteiger partial charge is 0.306 e. The highest BCUT2D eigenvalue weighted by molar-refractivity contribution is 5.23. The average molecular weight is 263 g/mol. The number of nitrogens with zero attached hydrogens (tertiary/aromatic N) is 2. The first-order chi connectivity index (χ1) is 8.97. The summed E-state index contributed by atoms with van der Waals surface area (Å²) in [5.74, 6) is 6.36. The van der Waals surface area contributed by atoms with Crippen LogP contribution in [-0.4, -0.2) is 43.6 Å². The predicted molar refractivity (Wildman–Crippen MR) is 83.0 cm³/mol. The Bertz CT molecular complexity index is 344. The molecular weight excluding hydrogens is 234 g/mol. The van der Waals surface area contributed by atoms with E-state index in [1.54, 1.807) is 5.01 Å². The van der Waals surface area contributed by atoms with Crippen molar-refractivity contribution in [3.05, 3.63) is 35.4 Å². The van der Waals surface area contributed by atoms with Gasteiger partial charge in [0.05, 0.1) is 0 Å². The minimum Gasteiger partial charge on any atom is -0.306 e. The molecule has 0 saturated carbocycles. The van der Waals surface area contributed by atoms with Gasteiger partial charge in [-0.1, -0.05) is 38.1 Å². The van der Waals surface area contributed by atoms with Gasteiger partial charge in [0.1, 0.15) is 0 Å². The molecule has 1 rings (SSSR count). The quantitative estimate of drug-likeness (QED) is 0.576. The number of hydrazine groups is 1. The standard InChI is InChI=1S/C16H29N3/c1-14(2)13-18(3)11-9-15-5-7-16(8-6-15)10-12-19(4)17/h5-8,14H,9-13,17H2,1-4H3. The lowest BCUT2D eigenvalue weighted by molar-refractivity contribution is 0.299. The Kier molecular flexibility index (Phi) is 7.06. The maximum Gasteiger partial charge on any atom is 0.0165 e. The van der Waals surface area contributed by atoms with Gasteiger partial charge in [-0.05, 0) is 36.9 Å². The Morgan fingerprint density at radius 2 is 1.42 bits per heavy atom. The van der Waals surface area contributed by atoms with Crippen molar-refractivity contribution in [1.29, 1.82) is 0 Å². The van der Waals surface area contributed by atoms with E-state index in [-0.39, 0.29) is 0 Å². The molecule has 0 aliphatic carbocycles. The number of nitrogens with two attached hydrogens (primary N) is 1. The molecule has 0 spiro atoms. The summed E-state index contributed by atoms with van der Waals surface area (Å²) in [6, 6.07) is 8.94. The van der Waals surface area contributed by atoms with Gasteiger partial charge >= 0.3 is 0 Å². The monoisotopic (exact) mass is 263 g/mol. The molecule has 0 fully saturated rings. The molecule has 3 nitrogen and oxygen atoms in total. The van der Waals surface area contributed by atoms with Gasteiger partial charge in [0.2, 0.25) is 0 Å². The van der Waals surface area contributed by atoms with E-state index in [0.29, 0.717) is 0 Å². The van der Waals surface area contributed by atoms with Crippen LogP contribution >= 0.6 is 0 Å². The molecular formula is C16H29N3. The highest BCUT2D eigenvalue weighted by Crippen LogP contribution is 2.07. The normalized spacial score (nSPS) is 11.8. The zero-order valence-electron chi connectivity index (χ0n) is 12.9. The van der Waals surface area contributed by atoms with Gasteiger partial charge in [0.15, 0.2) is 0 Å². The van der Waals surface area contributed by atoms with Gasteiger partial charge in [-0.25, -0.2) is 5.01 Å². The van der Waals surface area contributed by atoms with E-state index < -0.39 is 0 Å². The van der Waals surface area contributed by atoms with E-state index in [4.69, 9.17) is 5.84 Å². The van der Waals surface area contributed by atoms with Crippen LogP contribution in [0.3, 0.4) is 0 Å². The summed E-state index contributed by atoms with van der Waals surface area (Å²) in [7, 11) is 4.10. The highest BCUT2D eigenvalue weighted by atomic mass is 15.4. The van der Waals surface area contributed by atoms with Crippen molar-refractivity contribution < 1.29 is 0 Å². The van der Waals surface area contributed by atoms with E-state index in [2.05, 4.69) is 50.1 Å². The smallest absolute Gasteiger partial charge is 0.0165 e. The summed E-state index contributed by atoms with van der Waals surface area (Å²) in [6.45, 7) is 7.72. The van der Waals surface area contributed by atoms with Crippen molar-refractivity contribution in [2.24, 2.45) is 11.8 Å². The number of hydrogen-bond donors (Lipinski definition) is 1. The summed E-state index contributed by atoms with van der Waals surface area (Å²) >= 11 is 0. The van der Waals surface area contributed by atoms with Crippen molar-refractivity contribution in [3.8, 4) is 0 Å². The highest BCUT2D eigenvalue weighted by Gasteiger charge is 2.02. The Morgan fingerprint density at radius 3 is 1.84 bits per heavy atom. The van der Waals surface area contributed by atoms with E-state index in [1.165, 1.54) is 17.7 Å². The van der Waals surface area contributed by atoms with Crippen LogP contribution in [0.5, 0.6) is 0 Å². The molecule has 0 saturated heterocycles. The van der Waals surface area contributed by atoms with Crippen LogP contribution in [0.4, 0.5) is 0 Å². The molecule has 0 unspecified atom stereocenters. The number of likely N-dealkylation sites (N-methyl/N-ethyl adjacent to an activating group) is 2. The fourth-order valence-electron chi connectivity index (χ4n) is 2.21. The molecule has 3 heteroatoms. The molecule has 0 amide bonds. The maximum atomic E-state index is 5.62. The molecule has 0 aliphatic heterocycles. The first-order valence-corrected chi connectivity index (χ1v) is 7.19. The van der Waals surface area contributed by atoms with Crippen molar-refractivity contribution in [3.63, 3.8) is 0 Å². The lowest BCUT2D eigenvalue weighted by Crippen LogP contribution is -2.28. The van der Waals surface area contributed by atoms with Crippen LogP contribution < -0.4 is 5.84 Å². The number of rotatable bonds is 8. The Labute approximate surface area is 118 Å². The topological polar surface area (TPSA) is 32.5 Å². The lowest BCUT2D eigenvalue weighted by Gasteiger charge is -2.18. The van der Waals surface area contributed by atoms with Gasteiger partial charge in [0.25, 0.3) is 0 Å². The molecule has 1 aromatic carbocycles. The fourth-order valence-corrected chi connectivity index (χ4v) is 2.21. The lowest BCUT2D eigenvalue weighted by atomic mass is 10.1. The van der Waals surface area contributed by atoms with Crippen molar-refractivity contribution in [1.82, 2.24) is 9.91 Å². The van der Waals surface area contributed by atoms with Crippen LogP contribution in [0, 0.1) is 5.92 Å². The maximum absolute atomic E-state index is 5.62. The molecule has 0 aromatic heterocycles. The van der Waals surface area contributed by atoms with Crippen LogP contribution in [0.25, 0.3) is 0 Å². The minimum absolute atomic E-state index is 0.737. The average Bonchev–Trinajstić information content (AvgIpc) is 2.34. The molecule has 0 aliphatic rings. The van der Waals surface area contributed by atoms with Crippen molar-refractivity contribution in [2.45, 2.75) is 26.7 Å². The molecule has 19 heavy (non-hydrogen) atoms. The third kappa shape index (κ3) is 7.31.